The second-order valence-electron chi connectivity index (χ2n) is 3.83. The van der Waals surface area contributed by atoms with Crippen molar-refractivity contribution in [3.63, 3.8) is 0 Å². The second kappa shape index (κ2) is 5.30. The SMILES string of the molecule is O=C(O)[C@@H]1CN(c2ncc(B(O)O)cn2)CCO1. The van der Waals surface area contributed by atoms with E-state index in [2.05, 4.69) is 9.97 Å². The summed E-state index contributed by atoms with van der Waals surface area (Å²) in [6.07, 6.45) is 1.68. The number of hydrogen-bond donors (Lipinski definition) is 3. The average Bonchev–Trinajstić information content (AvgIpc) is 2.39. The van der Waals surface area contributed by atoms with Crippen molar-refractivity contribution in [3.05, 3.63) is 12.4 Å². The number of carboxylic acid groups (broad SMARTS) is 1. The van der Waals surface area contributed by atoms with Crippen molar-refractivity contribution in [1.82, 2.24) is 9.97 Å². The fourth-order valence-corrected chi connectivity index (χ4v) is 1.61. The minimum atomic E-state index is -1.62. The molecule has 0 radical (unpaired) electrons. The minimum Gasteiger partial charge on any atom is -0.479 e. The molecule has 0 spiro atoms. The third kappa shape index (κ3) is 2.75. The van der Waals surface area contributed by atoms with Crippen molar-refractivity contribution in [2.75, 3.05) is 24.6 Å². The van der Waals surface area contributed by atoms with Gasteiger partial charge in [0.05, 0.1) is 13.2 Å². The number of carbonyl (C=O) groups is 1. The lowest BCUT2D eigenvalue weighted by atomic mass is 9.83. The highest BCUT2D eigenvalue weighted by Crippen LogP contribution is 2.11. The lowest BCUT2D eigenvalue weighted by Gasteiger charge is -2.30. The number of aliphatic carboxylic acids is 1. The Bertz CT molecular complexity index is 427. The normalized spacial score (nSPS) is 19.7. The standard InChI is InChI=1S/C9H12BN3O5/c14-8(15)7-5-13(1-2-18-7)9-11-3-6(4-12-9)10(16)17/h3-4,7,16-17H,1-2,5H2,(H,14,15)/t7-/m0/s1. The highest BCUT2D eigenvalue weighted by Gasteiger charge is 2.27. The fraction of sp³-hybridized carbons (Fsp3) is 0.444. The zero-order valence-electron chi connectivity index (χ0n) is 9.43. The molecule has 0 aliphatic carbocycles. The lowest BCUT2D eigenvalue weighted by Crippen LogP contribution is -2.47. The molecule has 1 aliphatic rings. The Morgan fingerprint density at radius 3 is 2.67 bits per heavy atom. The molecule has 0 amide bonds. The quantitative estimate of drug-likeness (QED) is 0.504. The van der Waals surface area contributed by atoms with Crippen molar-refractivity contribution in [1.29, 1.82) is 0 Å². The monoisotopic (exact) mass is 253 g/mol. The van der Waals surface area contributed by atoms with E-state index in [1.807, 2.05) is 0 Å². The van der Waals surface area contributed by atoms with Crippen molar-refractivity contribution in [3.8, 4) is 0 Å². The van der Waals surface area contributed by atoms with Gasteiger partial charge in [-0.2, -0.15) is 0 Å². The largest absolute Gasteiger partial charge is 0.491 e. The summed E-state index contributed by atoms with van der Waals surface area (Å²) in [6, 6.07) is 0. The van der Waals surface area contributed by atoms with E-state index in [-0.39, 0.29) is 18.6 Å². The van der Waals surface area contributed by atoms with Crippen LogP contribution in [0.5, 0.6) is 0 Å². The molecule has 0 bridgehead atoms. The smallest absolute Gasteiger partial charge is 0.479 e. The Morgan fingerprint density at radius 1 is 1.44 bits per heavy atom. The van der Waals surface area contributed by atoms with Gasteiger partial charge in [-0.25, -0.2) is 14.8 Å². The lowest BCUT2D eigenvalue weighted by molar-refractivity contribution is -0.150. The molecule has 1 aromatic heterocycles. The van der Waals surface area contributed by atoms with Crippen LogP contribution in [0.15, 0.2) is 12.4 Å². The summed E-state index contributed by atoms with van der Waals surface area (Å²) in [5.41, 5.74) is 0.182. The molecule has 8 nitrogen and oxygen atoms in total. The number of carboxylic acids is 1. The van der Waals surface area contributed by atoms with E-state index in [1.165, 1.54) is 12.4 Å². The summed E-state index contributed by atoms with van der Waals surface area (Å²) < 4.78 is 5.08. The van der Waals surface area contributed by atoms with E-state index >= 15 is 0 Å². The first-order chi connectivity index (χ1) is 8.58. The van der Waals surface area contributed by atoms with Gasteiger partial charge in [-0.3, -0.25) is 0 Å². The van der Waals surface area contributed by atoms with Crippen molar-refractivity contribution in [2.24, 2.45) is 0 Å². The zero-order valence-corrected chi connectivity index (χ0v) is 9.43. The predicted molar refractivity (Wildman–Crippen MR) is 61.4 cm³/mol. The number of morpholine rings is 1. The average molecular weight is 253 g/mol. The Kier molecular flexibility index (Phi) is 3.75. The van der Waals surface area contributed by atoms with Crippen LogP contribution >= 0.6 is 0 Å². The van der Waals surface area contributed by atoms with Crippen LogP contribution in [0.4, 0.5) is 5.95 Å². The van der Waals surface area contributed by atoms with E-state index in [9.17, 15) is 4.79 Å². The van der Waals surface area contributed by atoms with Gasteiger partial charge in [0.15, 0.2) is 6.10 Å². The van der Waals surface area contributed by atoms with Crippen LogP contribution < -0.4 is 10.4 Å². The molecule has 18 heavy (non-hydrogen) atoms. The van der Waals surface area contributed by atoms with Crippen molar-refractivity contribution in [2.45, 2.75) is 6.10 Å². The van der Waals surface area contributed by atoms with Gasteiger partial charge in [-0.1, -0.05) is 0 Å². The molecule has 2 rings (SSSR count). The molecular weight excluding hydrogens is 241 g/mol. The summed E-state index contributed by atoms with van der Waals surface area (Å²) in [7, 11) is -1.62. The molecule has 0 saturated carbocycles. The summed E-state index contributed by atoms with van der Waals surface area (Å²) in [6.45, 7) is 0.936. The molecule has 0 unspecified atom stereocenters. The second-order valence-corrected chi connectivity index (χ2v) is 3.83. The highest BCUT2D eigenvalue weighted by molar-refractivity contribution is 6.58. The van der Waals surface area contributed by atoms with Gasteiger partial charge in [0.25, 0.3) is 0 Å². The fourth-order valence-electron chi connectivity index (χ4n) is 1.61. The first-order valence-electron chi connectivity index (χ1n) is 5.35. The molecule has 1 saturated heterocycles. The number of rotatable bonds is 3. The molecule has 96 valence electrons. The van der Waals surface area contributed by atoms with Gasteiger partial charge in [-0.05, 0) is 0 Å². The first-order valence-corrected chi connectivity index (χ1v) is 5.35. The maximum absolute atomic E-state index is 10.8. The highest BCUT2D eigenvalue weighted by atomic mass is 16.5. The predicted octanol–water partition coefficient (Wildman–Crippen LogP) is -2.55. The van der Waals surface area contributed by atoms with E-state index < -0.39 is 19.2 Å². The van der Waals surface area contributed by atoms with E-state index in [0.717, 1.165) is 0 Å². The molecule has 1 aliphatic heterocycles. The van der Waals surface area contributed by atoms with Crippen LogP contribution in [0.1, 0.15) is 0 Å². The van der Waals surface area contributed by atoms with Gasteiger partial charge in [0, 0.05) is 24.4 Å². The van der Waals surface area contributed by atoms with Crippen molar-refractivity contribution >= 4 is 24.5 Å². The number of anilines is 1. The third-order valence-corrected chi connectivity index (χ3v) is 2.58. The van der Waals surface area contributed by atoms with Crippen LogP contribution in [0.2, 0.25) is 0 Å². The van der Waals surface area contributed by atoms with Gasteiger partial charge < -0.3 is 24.8 Å². The van der Waals surface area contributed by atoms with Crippen LogP contribution in [0.3, 0.4) is 0 Å². The summed E-state index contributed by atoms with van der Waals surface area (Å²) in [5, 5.41) is 26.7. The number of nitrogens with zero attached hydrogens (tertiary/aromatic N) is 3. The van der Waals surface area contributed by atoms with Crippen LogP contribution in [0, 0.1) is 0 Å². The number of aromatic nitrogens is 2. The molecule has 2 heterocycles. The van der Waals surface area contributed by atoms with Gasteiger partial charge >= 0.3 is 13.1 Å². The number of hydrogen-bond acceptors (Lipinski definition) is 7. The maximum Gasteiger partial charge on any atom is 0.491 e. The minimum absolute atomic E-state index is 0.163. The van der Waals surface area contributed by atoms with E-state index in [1.54, 1.807) is 4.90 Å². The number of ether oxygens (including phenoxy) is 1. The summed E-state index contributed by atoms with van der Waals surface area (Å²) in [4.78, 5) is 20.4. The van der Waals surface area contributed by atoms with E-state index in [0.29, 0.717) is 12.5 Å². The van der Waals surface area contributed by atoms with E-state index in [4.69, 9.17) is 19.9 Å². The molecule has 1 aromatic rings. The Hall–Kier alpha value is -1.71. The van der Waals surface area contributed by atoms with Gasteiger partial charge in [0.2, 0.25) is 5.95 Å². The molecule has 0 aromatic carbocycles. The third-order valence-electron chi connectivity index (χ3n) is 2.58. The van der Waals surface area contributed by atoms with Crippen molar-refractivity contribution < 1.29 is 24.7 Å². The van der Waals surface area contributed by atoms with Crippen LogP contribution in [-0.2, 0) is 9.53 Å². The molecule has 1 fully saturated rings. The Labute approximate surface area is 103 Å². The molecule has 3 N–H and O–H groups in total. The van der Waals surface area contributed by atoms with Gasteiger partial charge in [-0.15, -0.1) is 0 Å². The summed E-state index contributed by atoms with van der Waals surface area (Å²) >= 11 is 0. The summed E-state index contributed by atoms with van der Waals surface area (Å²) in [5.74, 6) is -0.684. The van der Waals surface area contributed by atoms with Gasteiger partial charge in [0.1, 0.15) is 0 Å². The zero-order chi connectivity index (χ0) is 13.1. The van der Waals surface area contributed by atoms with Crippen LogP contribution in [-0.4, -0.2) is 64.0 Å². The molecule has 1 atom stereocenters. The Morgan fingerprint density at radius 2 is 2.11 bits per heavy atom. The maximum atomic E-state index is 10.8. The van der Waals surface area contributed by atoms with Crippen LogP contribution in [0.25, 0.3) is 0 Å². The molecule has 9 heteroatoms. The molecular formula is C9H12BN3O5. The Balaban J connectivity index is 2.09. The first kappa shape index (κ1) is 12.7. The topological polar surface area (TPSA) is 116 Å².